The molecule has 2 heterocycles. The molecule has 0 amide bonds. The summed E-state index contributed by atoms with van der Waals surface area (Å²) in [6, 6.07) is 70.3. The molecule has 4 nitrogen and oxygen atoms in total. The Kier molecular flexibility index (Phi) is 7.46. The van der Waals surface area contributed by atoms with Gasteiger partial charge in [0.1, 0.15) is 11.2 Å². The van der Waals surface area contributed by atoms with E-state index in [9.17, 15) is 0 Å². The van der Waals surface area contributed by atoms with Gasteiger partial charge < -0.3 is 9.32 Å². The summed E-state index contributed by atoms with van der Waals surface area (Å²) in [5.74, 6) is 0.620. The highest BCUT2D eigenvalue weighted by Crippen LogP contribution is 2.47. The van der Waals surface area contributed by atoms with E-state index in [0.717, 1.165) is 83.2 Å². The van der Waals surface area contributed by atoms with Crippen molar-refractivity contribution in [1.29, 1.82) is 0 Å². The molecule has 56 heavy (non-hydrogen) atoms. The molecule has 0 aliphatic rings. The molecule has 0 bridgehead atoms. The third kappa shape index (κ3) is 5.47. The molecule has 262 valence electrons. The van der Waals surface area contributed by atoms with Crippen molar-refractivity contribution in [3.8, 4) is 33.9 Å². The first-order valence-corrected chi connectivity index (χ1v) is 18.9. The molecule has 0 radical (unpaired) electrons. The number of anilines is 3. The Morgan fingerprint density at radius 1 is 0.357 bits per heavy atom. The molecule has 0 aliphatic carbocycles. The van der Waals surface area contributed by atoms with Gasteiger partial charge in [0.05, 0.1) is 28.1 Å². The van der Waals surface area contributed by atoms with Crippen LogP contribution in [0.3, 0.4) is 0 Å². The quantitative estimate of drug-likeness (QED) is 0.172. The fraction of sp³-hybridized carbons (Fsp3) is 0. The van der Waals surface area contributed by atoms with E-state index in [1.54, 1.807) is 0 Å². The number of furan rings is 1. The molecule has 0 saturated heterocycles. The van der Waals surface area contributed by atoms with Gasteiger partial charge in [-0.25, -0.2) is 9.97 Å². The number of benzene rings is 9. The van der Waals surface area contributed by atoms with Gasteiger partial charge in [-0.15, -0.1) is 0 Å². The Balaban J connectivity index is 1.23. The normalized spacial score (nSPS) is 11.6. The third-order valence-electron chi connectivity index (χ3n) is 10.8. The van der Waals surface area contributed by atoms with Crippen LogP contribution in [0, 0.1) is 0 Å². The lowest BCUT2D eigenvalue weighted by molar-refractivity contribution is 0.669. The Labute approximate surface area is 323 Å². The molecule has 0 spiro atoms. The second kappa shape index (κ2) is 13.1. The molecule has 0 aliphatic heterocycles. The highest BCUT2D eigenvalue weighted by molar-refractivity contribution is 6.18. The summed E-state index contributed by atoms with van der Waals surface area (Å²) in [4.78, 5) is 13.0. The van der Waals surface area contributed by atoms with E-state index in [1.807, 2.05) is 6.07 Å². The van der Waals surface area contributed by atoms with Gasteiger partial charge in [0.2, 0.25) is 0 Å². The van der Waals surface area contributed by atoms with Crippen LogP contribution in [0.25, 0.3) is 88.2 Å². The van der Waals surface area contributed by atoms with Crippen LogP contribution in [0.5, 0.6) is 0 Å². The van der Waals surface area contributed by atoms with Gasteiger partial charge in [0.25, 0.3) is 0 Å². The minimum absolute atomic E-state index is 0.620. The average molecular weight is 716 g/mol. The summed E-state index contributed by atoms with van der Waals surface area (Å²) in [5, 5.41) is 9.05. The number of aromatic nitrogens is 2. The minimum Gasteiger partial charge on any atom is -0.456 e. The van der Waals surface area contributed by atoms with Crippen molar-refractivity contribution in [1.82, 2.24) is 9.97 Å². The lowest BCUT2D eigenvalue weighted by Gasteiger charge is -2.28. The van der Waals surface area contributed by atoms with Crippen molar-refractivity contribution in [2.45, 2.75) is 0 Å². The molecule has 11 rings (SSSR count). The molecule has 0 atom stereocenters. The second-order valence-corrected chi connectivity index (χ2v) is 14.2. The lowest BCUT2D eigenvalue weighted by Crippen LogP contribution is -2.11. The van der Waals surface area contributed by atoms with E-state index in [4.69, 9.17) is 14.4 Å². The van der Waals surface area contributed by atoms with Crippen LogP contribution in [0.2, 0.25) is 0 Å². The van der Waals surface area contributed by atoms with Crippen LogP contribution in [-0.2, 0) is 0 Å². The highest BCUT2D eigenvalue weighted by atomic mass is 16.3. The first-order valence-electron chi connectivity index (χ1n) is 18.9. The number of fused-ring (bicyclic) bond motifs is 6. The summed E-state index contributed by atoms with van der Waals surface area (Å²) in [6.07, 6.45) is 0. The summed E-state index contributed by atoms with van der Waals surface area (Å²) in [6.45, 7) is 0. The van der Waals surface area contributed by atoms with Gasteiger partial charge in [0.15, 0.2) is 5.82 Å². The van der Waals surface area contributed by atoms with E-state index < -0.39 is 0 Å². The molecule has 0 fully saturated rings. The minimum atomic E-state index is 0.620. The van der Waals surface area contributed by atoms with Crippen LogP contribution < -0.4 is 4.90 Å². The maximum absolute atomic E-state index is 6.87. The van der Waals surface area contributed by atoms with Crippen LogP contribution in [0.15, 0.2) is 205 Å². The van der Waals surface area contributed by atoms with Gasteiger partial charge in [-0.3, -0.25) is 0 Å². The highest BCUT2D eigenvalue weighted by Gasteiger charge is 2.24. The number of hydrogen-bond acceptors (Lipinski definition) is 4. The third-order valence-corrected chi connectivity index (χ3v) is 10.8. The van der Waals surface area contributed by atoms with Crippen molar-refractivity contribution >= 4 is 71.3 Å². The van der Waals surface area contributed by atoms with Gasteiger partial charge >= 0.3 is 0 Å². The maximum atomic E-state index is 6.87. The maximum Gasteiger partial charge on any atom is 0.160 e. The van der Waals surface area contributed by atoms with E-state index >= 15 is 0 Å². The van der Waals surface area contributed by atoms with Gasteiger partial charge in [-0.05, 0) is 81.5 Å². The predicted octanol–water partition coefficient (Wildman–Crippen LogP) is 14.3. The Morgan fingerprint density at radius 3 is 1.77 bits per heavy atom. The Hall–Kier alpha value is -7.56. The van der Waals surface area contributed by atoms with Crippen LogP contribution in [0.4, 0.5) is 17.1 Å². The zero-order chi connectivity index (χ0) is 37.0. The van der Waals surface area contributed by atoms with Crippen molar-refractivity contribution in [3.05, 3.63) is 200 Å². The molecule has 11 aromatic rings. The van der Waals surface area contributed by atoms with E-state index in [2.05, 4.69) is 199 Å². The average Bonchev–Trinajstić information content (AvgIpc) is 3.63. The summed E-state index contributed by atoms with van der Waals surface area (Å²) in [5.41, 5.74) is 9.30. The van der Waals surface area contributed by atoms with Gasteiger partial charge in [-0.2, -0.15) is 0 Å². The monoisotopic (exact) mass is 715 g/mol. The Morgan fingerprint density at radius 2 is 0.982 bits per heavy atom. The van der Waals surface area contributed by atoms with Crippen molar-refractivity contribution in [2.75, 3.05) is 4.90 Å². The first kappa shape index (κ1) is 31.9. The molecular formula is C52H33N3O. The zero-order valence-electron chi connectivity index (χ0n) is 30.3. The summed E-state index contributed by atoms with van der Waals surface area (Å²) in [7, 11) is 0. The van der Waals surface area contributed by atoms with Crippen LogP contribution in [-0.4, -0.2) is 9.97 Å². The number of nitrogens with zero attached hydrogens (tertiary/aromatic N) is 3. The van der Waals surface area contributed by atoms with Crippen LogP contribution >= 0.6 is 0 Å². The molecule has 9 aromatic carbocycles. The molecule has 4 heteroatoms. The largest absolute Gasteiger partial charge is 0.456 e. The van der Waals surface area contributed by atoms with E-state index in [1.165, 1.54) is 16.2 Å². The van der Waals surface area contributed by atoms with Gasteiger partial charge in [0, 0.05) is 33.2 Å². The van der Waals surface area contributed by atoms with E-state index in [0.29, 0.717) is 5.82 Å². The number of rotatable bonds is 6. The second-order valence-electron chi connectivity index (χ2n) is 14.2. The standard InChI is InChI=1S/C52H33N3O/c1-3-16-36(17-4-1)45-33-46(40-27-26-34-14-7-8-18-37(34)28-40)54-52(53-45)41-30-48(51-44-29-38-19-9-10-20-39(38)31-49(44)56-50(51)32-41)55(42-22-5-2-6-23-42)47-25-13-21-35-15-11-12-24-43(35)47/h1-33H. The first-order chi connectivity index (χ1) is 27.7. The van der Waals surface area contributed by atoms with Crippen molar-refractivity contribution < 1.29 is 4.42 Å². The molecule has 0 saturated carbocycles. The fourth-order valence-corrected chi connectivity index (χ4v) is 8.09. The van der Waals surface area contributed by atoms with Crippen molar-refractivity contribution in [3.63, 3.8) is 0 Å². The number of hydrogen-bond donors (Lipinski definition) is 0. The summed E-state index contributed by atoms with van der Waals surface area (Å²) < 4.78 is 6.87. The molecule has 0 unspecified atom stereocenters. The number of para-hydroxylation sites is 1. The molecule has 2 aromatic heterocycles. The summed E-state index contributed by atoms with van der Waals surface area (Å²) >= 11 is 0. The topological polar surface area (TPSA) is 42.2 Å². The van der Waals surface area contributed by atoms with Gasteiger partial charge in [-0.1, -0.05) is 146 Å². The van der Waals surface area contributed by atoms with E-state index in [-0.39, 0.29) is 0 Å². The SMILES string of the molecule is c1ccc(-c2cc(-c3ccc4ccccc4c3)nc(-c3cc(N(c4ccccc4)c4cccc5ccccc45)c4c(c3)oc3cc5ccccc5cc34)n2)cc1. The van der Waals surface area contributed by atoms with Crippen LogP contribution in [0.1, 0.15) is 0 Å². The fourth-order valence-electron chi connectivity index (χ4n) is 8.09. The molecular weight excluding hydrogens is 683 g/mol. The lowest BCUT2D eigenvalue weighted by atomic mass is 10.0. The Bertz CT molecular complexity index is 3260. The van der Waals surface area contributed by atoms with Crippen molar-refractivity contribution in [2.24, 2.45) is 0 Å². The molecule has 0 N–H and O–H groups in total. The predicted molar refractivity (Wildman–Crippen MR) is 233 cm³/mol. The smallest absolute Gasteiger partial charge is 0.160 e. The zero-order valence-corrected chi connectivity index (χ0v) is 30.3.